The van der Waals surface area contributed by atoms with Crippen LogP contribution in [0.5, 0.6) is 5.75 Å². The molecule has 0 aliphatic rings. The number of aromatic carboxylic acids is 1. The number of aromatic hydroxyl groups is 1. The van der Waals surface area contributed by atoms with Gasteiger partial charge in [-0.05, 0) is 50.2 Å². The van der Waals surface area contributed by atoms with Crippen LogP contribution in [0, 0.1) is 13.8 Å². The van der Waals surface area contributed by atoms with Gasteiger partial charge >= 0.3 is 5.97 Å². The number of carboxylic acid groups (broad SMARTS) is 1. The first kappa shape index (κ1) is 20.2. The zero-order valence-electron chi connectivity index (χ0n) is 15.7. The Morgan fingerprint density at radius 1 is 1.10 bits per heavy atom. The Hall–Kier alpha value is -3.58. The minimum Gasteiger partial charge on any atom is -0.507 e. The van der Waals surface area contributed by atoms with E-state index in [4.69, 9.17) is 11.6 Å². The maximum absolute atomic E-state index is 12.1. The molecule has 0 aliphatic heterocycles. The first-order valence-corrected chi connectivity index (χ1v) is 9.01. The lowest BCUT2D eigenvalue weighted by molar-refractivity contribution is 0.0696. The van der Waals surface area contributed by atoms with Crippen LogP contribution in [0.2, 0.25) is 5.02 Å². The molecule has 7 nitrogen and oxygen atoms in total. The van der Waals surface area contributed by atoms with E-state index in [-0.39, 0.29) is 21.9 Å². The highest BCUT2D eigenvalue weighted by atomic mass is 35.5. The Labute approximate surface area is 171 Å². The van der Waals surface area contributed by atoms with Crippen molar-refractivity contribution in [3.63, 3.8) is 0 Å². The van der Waals surface area contributed by atoms with Crippen LogP contribution in [0.15, 0.2) is 53.6 Å². The van der Waals surface area contributed by atoms with Gasteiger partial charge < -0.3 is 14.8 Å². The van der Waals surface area contributed by atoms with E-state index in [0.29, 0.717) is 5.69 Å². The highest BCUT2D eigenvalue weighted by Gasteiger charge is 2.14. The topological polar surface area (TPSA) is 104 Å². The van der Waals surface area contributed by atoms with Crippen LogP contribution >= 0.6 is 11.6 Å². The van der Waals surface area contributed by atoms with Gasteiger partial charge in [-0.15, -0.1) is 0 Å². The molecule has 0 unspecified atom stereocenters. The molecule has 1 amide bonds. The smallest absolute Gasteiger partial charge is 0.337 e. The van der Waals surface area contributed by atoms with E-state index >= 15 is 0 Å². The molecule has 3 rings (SSSR count). The third-order valence-electron chi connectivity index (χ3n) is 4.43. The molecule has 0 radical (unpaired) electrons. The summed E-state index contributed by atoms with van der Waals surface area (Å²) in [7, 11) is 0. The molecule has 0 spiro atoms. The zero-order valence-corrected chi connectivity index (χ0v) is 16.4. The van der Waals surface area contributed by atoms with Gasteiger partial charge in [0, 0.05) is 22.6 Å². The molecule has 0 bridgehead atoms. The number of aryl methyl sites for hydroxylation is 1. The van der Waals surface area contributed by atoms with Crippen molar-refractivity contribution in [3.05, 3.63) is 81.6 Å². The highest BCUT2D eigenvalue weighted by molar-refractivity contribution is 6.33. The van der Waals surface area contributed by atoms with Gasteiger partial charge in [0.2, 0.25) is 0 Å². The van der Waals surface area contributed by atoms with Gasteiger partial charge in [0.25, 0.3) is 5.91 Å². The largest absolute Gasteiger partial charge is 0.507 e. The SMILES string of the molecule is Cc1cc(/C=N/NC(=O)c2ccccc2O)c(C)n1-c1ccc(Cl)c(C(=O)O)c1. The minimum atomic E-state index is -1.10. The Morgan fingerprint density at radius 3 is 2.52 bits per heavy atom. The molecule has 148 valence electrons. The molecule has 3 aromatic rings. The van der Waals surface area contributed by atoms with Crippen molar-refractivity contribution < 1.29 is 19.8 Å². The summed E-state index contributed by atoms with van der Waals surface area (Å²) in [5.41, 5.74) is 5.58. The number of carboxylic acids is 1. The van der Waals surface area contributed by atoms with Crippen molar-refractivity contribution in [1.29, 1.82) is 0 Å². The number of amides is 1. The van der Waals surface area contributed by atoms with Crippen LogP contribution in [-0.4, -0.2) is 32.9 Å². The average molecular weight is 412 g/mol. The van der Waals surface area contributed by atoms with E-state index in [9.17, 15) is 19.8 Å². The molecule has 1 heterocycles. The molecule has 3 N–H and O–H groups in total. The molecular weight excluding hydrogens is 394 g/mol. The van der Waals surface area contributed by atoms with Crippen molar-refractivity contribution in [3.8, 4) is 11.4 Å². The predicted octanol–water partition coefficient (Wildman–Crippen LogP) is 3.92. The molecule has 1 aromatic heterocycles. The highest BCUT2D eigenvalue weighted by Crippen LogP contribution is 2.24. The quantitative estimate of drug-likeness (QED) is 0.437. The van der Waals surface area contributed by atoms with E-state index in [1.165, 1.54) is 24.4 Å². The lowest BCUT2D eigenvalue weighted by Gasteiger charge is -2.11. The van der Waals surface area contributed by atoms with E-state index in [1.54, 1.807) is 24.3 Å². The summed E-state index contributed by atoms with van der Waals surface area (Å²) in [6.45, 7) is 3.73. The fourth-order valence-corrected chi connectivity index (χ4v) is 3.22. The molecule has 29 heavy (non-hydrogen) atoms. The molecule has 2 aromatic carbocycles. The summed E-state index contributed by atoms with van der Waals surface area (Å²) >= 11 is 5.95. The molecule has 0 fully saturated rings. The lowest BCUT2D eigenvalue weighted by atomic mass is 10.2. The Balaban J connectivity index is 1.86. The Kier molecular flexibility index (Phi) is 5.70. The number of carbonyl (C=O) groups is 2. The second kappa shape index (κ2) is 8.20. The van der Waals surface area contributed by atoms with Gasteiger partial charge in [0.05, 0.1) is 22.4 Å². The van der Waals surface area contributed by atoms with Crippen LogP contribution < -0.4 is 5.43 Å². The van der Waals surface area contributed by atoms with Gasteiger partial charge in [-0.25, -0.2) is 10.2 Å². The molecule has 0 aliphatic carbocycles. The summed E-state index contributed by atoms with van der Waals surface area (Å²) < 4.78 is 1.87. The third-order valence-corrected chi connectivity index (χ3v) is 4.76. The maximum atomic E-state index is 12.1. The van der Waals surface area contributed by atoms with E-state index < -0.39 is 11.9 Å². The standard InChI is InChI=1S/C21H18ClN3O4/c1-12-9-14(11-23-24-20(27)16-5-3-4-6-19(16)26)13(2)25(12)15-7-8-18(22)17(10-15)21(28)29/h3-11,26H,1-2H3,(H,24,27)(H,28,29)/b23-11+. The summed E-state index contributed by atoms with van der Waals surface area (Å²) in [6, 6.07) is 12.8. The van der Waals surface area contributed by atoms with E-state index in [1.807, 2.05) is 24.5 Å². The van der Waals surface area contributed by atoms with Gasteiger partial charge in [0.15, 0.2) is 0 Å². The third kappa shape index (κ3) is 4.14. The number of nitrogens with one attached hydrogen (secondary N) is 1. The van der Waals surface area contributed by atoms with Crippen LogP contribution in [-0.2, 0) is 0 Å². The van der Waals surface area contributed by atoms with Gasteiger partial charge in [-0.2, -0.15) is 5.10 Å². The summed E-state index contributed by atoms with van der Waals surface area (Å²) in [4.78, 5) is 23.5. The van der Waals surface area contributed by atoms with Crippen molar-refractivity contribution in [2.75, 3.05) is 0 Å². The number of nitrogens with zero attached hydrogens (tertiary/aromatic N) is 2. The fraction of sp³-hybridized carbons (Fsp3) is 0.0952. The summed E-state index contributed by atoms with van der Waals surface area (Å²) in [6.07, 6.45) is 1.49. The van der Waals surface area contributed by atoms with E-state index in [0.717, 1.165) is 17.0 Å². The Bertz CT molecular complexity index is 1130. The van der Waals surface area contributed by atoms with Gasteiger partial charge in [0.1, 0.15) is 5.75 Å². The normalized spacial score (nSPS) is 11.0. The van der Waals surface area contributed by atoms with Crippen LogP contribution in [0.1, 0.15) is 37.7 Å². The molecule has 0 saturated carbocycles. The van der Waals surface area contributed by atoms with Gasteiger partial charge in [-0.1, -0.05) is 23.7 Å². The van der Waals surface area contributed by atoms with Gasteiger partial charge in [-0.3, -0.25) is 4.79 Å². The van der Waals surface area contributed by atoms with Crippen LogP contribution in [0.4, 0.5) is 0 Å². The van der Waals surface area contributed by atoms with Crippen LogP contribution in [0.25, 0.3) is 5.69 Å². The predicted molar refractivity (Wildman–Crippen MR) is 110 cm³/mol. The van der Waals surface area contributed by atoms with Crippen molar-refractivity contribution in [2.24, 2.45) is 5.10 Å². The number of phenols is 1. The summed E-state index contributed by atoms with van der Waals surface area (Å²) in [5, 5.41) is 23.1. The number of benzene rings is 2. The van der Waals surface area contributed by atoms with E-state index in [2.05, 4.69) is 10.5 Å². The monoisotopic (exact) mass is 411 g/mol. The lowest BCUT2D eigenvalue weighted by Crippen LogP contribution is -2.17. The first-order valence-electron chi connectivity index (χ1n) is 8.63. The Morgan fingerprint density at radius 2 is 1.83 bits per heavy atom. The zero-order chi connectivity index (χ0) is 21.1. The number of hydrogen-bond acceptors (Lipinski definition) is 4. The number of para-hydroxylation sites is 1. The van der Waals surface area contributed by atoms with Crippen LogP contribution in [0.3, 0.4) is 0 Å². The molecule has 8 heteroatoms. The maximum Gasteiger partial charge on any atom is 0.337 e. The summed E-state index contributed by atoms with van der Waals surface area (Å²) in [5.74, 6) is -1.76. The number of hydrogen-bond donors (Lipinski definition) is 3. The van der Waals surface area contributed by atoms with Crippen molar-refractivity contribution in [2.45, 2.75) is 13.8 Å². The number of carbonyl (C=O) groups excluding carboxylic acids is 1. The second-order valence-electron chi connectivity index (χ2n) is 6.35. The number of aromatic nitrogens is 1. The minimum absolute atomic E-state index is 0.0156. The average Bonchev–Trinajstić information content (AvgIpc) is 2.96. The number of phenolic OH excluding ortho intramolecular Hbond substituents is 1. The molecule has 0 saturated heterocycles. The van der Waals surface area contributed by atoms with Crippen molar-refractivity contribution >= 4 is 29.7 Å². The molecular formula is C21H18ClN3O4. The number of hydrazone groups is 1. The van der Waals surface area contributed by atoms with Crippen molar-refractivity contribution in [1.82, 2.24) is 9.99 Å². The second-order valence-corrected chi connectivity index (χ2v) is 6.75. The number of rotatable bonds is 5. The number of halogens is 1. The fourth-order valence-electron chi connectivity index (χ4n) is 3.02. The molecule has 0 atom stereocenters. The first-order chi connectivity index (χ1) is 13.8.